The second-order valence-corrected chi connectivity index (χ2v) is 6.43. The zero-order chi connectivity index (χ0) is 15.1. The van der Waals surface area contributed by atoms with Gasteiger partial charge in [0.1, 0.15) is 0 Å². The van der Waals surface area contributed by atoms with Gasteiger partial charge in [-0.15, -0.1) is 0 Å². The van der Waals surface area contributed by atoms with Crippen molar-refractivity contribution in [2.75, 3.05) is 0 Å². The lowest BCUT2D eigenvalue weighted by atomic mass is 9.64. The normalized spacial score (nSPS) is 30.1. The molecule has 1 fully saturated rings. The van der Waals surface area contributed by atoms with E-state index in [0.29, 0.717) is 23.7 Å². The maximum Gasteiger partial charge on any atom is 0.303 e. The van der Waals surface area contributed by atoms with Crippen LogP contribution in [0.1, 0.15) is 65.2 Å². The van der Waals surface area contributed by atoms with E-state index in [-0.39, 0.29) is 12.8 Å². The number of carbonyl (C=O) groups is 2. The van der Waals surface area contributed by atoms with E-state index in [1.807, 2.05) is 0 Å². The predicted octanol–water partition coefficient (Wildman–Crippen LogP) is 3.79. The van der Waals surface area contributed by atoms with Crippen molar-refractivity contribution in [2.45, 2.75) is 65.2 Å². The van der Waals surface area contributed by atoms with E-state index >= 15 is 0 Å². The van der Waals surface area contributed by atoms with Crippen molar-refractivity contribution >= 4 is 11.9 Å². The molecule has 1 rings (SSSR count). The summed E-state index contributed by atoms with van der Waals surface area (Å²) in [5.74, 6) is 0.955. The fourth-order valence-electron chi connectivity index (χ4n) is 3.77. The van der Waals surface area contributed by atoms with Crippen molar-refractivity contribution in [2.24, 2.45) is 23.7 Å². The predicted molar refractivity (Wildman–Crippen MR) is 77.5 cm³/mol. The van der Waals surface area contributed by atoms with Crippen molar-refractivity contribution in [1.82, 2.24) is 0 Å². The molecule has 0 aromatic carbocycles. The topological polar surface area (TPSA) is 74.6 Å². The summed E-state index contributed by atoms with van der Waals surface area (Å²) < 4.78 is 0. The third-order valence-corrected chi connectivity index (χ3v) is 4.95. The van der Waals surface area contributed by atoms with Gasteiger partial charge in [-0.05, 0) is 49.4 Å². The Morgan fingerprint density at radius 2 is 1.20 bits per heavy atom. The Balaban J connectivity index is 2.52. The van der Waals surface area contributed by atoms with Gasteiger partial charge in [0, 0.05) is 12.8 Å². The largest absolute Gasteiger partial charge is 0.481 e. The lowest BCUT2D eigenvalue weighted by molar-refractivity contribution is -0.138. The molecule has 20 heavy (non-hydrogen) atoms. The Morgan fingerprint density at radius 1 is 0.850 bits per heavy atom. The molecule has 1 aliphatic carbocycles. The van der Waals surface area contributed by atoms with E-state index in [0.717, 1.165) is 25.7 Å². The number of aliphatic carboxylic acids is 2. The highest BCUT2D eigenvalue weighted by atomic mass is 16.4. The van der Waals surface area contributed by atoms with Gasteiger partial charge in [0.2, 0.25) is 0 Å². The van der Waals surface area contributed by atoms with E-state index < -0.39 is 11.9 Å². The van der Waals surface area contributed by atoms with Crippen LogP contribution in [0.2, 0.25) is 0 Å². The summed E-state index contributed by atoms with van der Waals surface area (Å²) in [6.45, 7) is 4.53. The molecule has 0 radical (unpaired) electrons. The van der Waals surface area contributed by atoms with E-state index in [1.54, 1.807) is 0 Å². The van der Waals surface area contributed by atoms with Crippen LogP contribution in [-0.2, 0) is 9.59 Å². The van der Waals surface area contributed by atoms with Gasteiger partial charge in [0.15, 0.2) is 0 Å². The first kappa shape index (κ1) is 17.0. The second kappa shape index (κ2) is 8.28. The third-order valence-electron chi connectivity index (χ3n) is 4.95. The van der Waals surface area contributed by atoms with Crippen LogP contribution in [0.25, 0.3) is 0 Å². The van der Waals surface area contributed by atoms with E-state index in [9.17, 15) is 9.59 Å². The Hall–Kier alpha value is -1.06. The number of hydrogen-bond acceptors (Lipinski definition) is 2. The SMILES string of the molecule is CC1CCC(C)C(CCCC(=O)O)C1CCCC(=O)O. The van der Waals surface area contributed by atoms with Crippen molar-refractivity contribution in [1.29, 1.82) is 0 Å². The highest BCUT2D eigenvalue weighted by molar-refractivity contribution is 5.66. The van der Waals surface area contributed by atoms with Crippen molar-refractivity contribution in [3.63, 3.8) is 0 Å². The number of rotatable bonds is 8. The van der Waals surface area contributed by atoms with Gasteiger partial charge in [0.05, 0.1) is 0 Å². The van der Waals surface area contributed by atoms with E-state index in [1.165, 1.54) is 12.8 Å². The smallest absolute Gasteiger partial charge is 0.303 e. The molecule has 0 saturated heterocycles. The molecule has 4 heteroatoms. The fraction of sp³-hybridized carbons (Fsp3) is 0.875. The van der Waals surface area contributed by atoms with Crippen LogP contribution in [0.15, 0.2) is 0 Å². The molecule has 4 nitrogen and oxygen atoms in total. The van der Waals surface area contributed by atoms with Gasteiger partial charge in [0.25, 0.3) is 0 Å². The molecule has 0 aliphatic heterocycles. The molecule has 0 aromatic heterocycles. The maximum atomic E-state index is 10.7. The lowest BCUT2D eigenvalue weighted by Gasteiger charge is -2.41. The molecule has 1 saturated carbocycles. The lowest BCUT2D eigenvalue weighted by Crippen LogP contribution is -2.32. The molecule has 2 N–H and O–H groups in total. The van der Waals surface area contributed by atoms with Gasteiger partial charge < -0.3 is 10.2 Å². The molecule has 0 amide bonds. The summed E-state index contributed by atoms with van der Waals surface area (Å²) in [4.78, 5) is 21.3. The van der Waals surface area contributed by atoms with Crippen LogP contribution in [0.5, 0.6) is 0 Å². The van der Waals surface area contributed by atoms with Crippen molar-refractivity contribution < 1.29 is 19.8 Å². The Bertz CT molecular complexity index is 294. The molecule has 0 bridgehead atoms. The quantitative estimate of drug-likeness (QED) is 0.711. The van der Waals surface area contributed by atoms with Crippen LogP contribution in [0.3, 0.4) is 0 Å². The Kier molecular flexibility index (Phi) is 7.03. The summed E-state index contributed by atoms with van der Waals surface area (Å²) in [6, 6.07) is 0. The van der Waals surface area contributed by atoms with Gasteiger partial charge in [-0.2, -0.15) is 0 Å². The first-order valence-corrected chi connectivity index (χ1v) is 7.85. The molecule has 0 aromatic rings. The molecule has 4 unspecified atom stereocenters. The standard InChI is InChI=1S/C16H28O4/c1-11-9-10-12(2)14(6-4-8-16(19)20)13(11)5-3-7-15(17)18/h11-14H,3-10H2,1-2H3,(H,17,18)(H,19,20). The van der Waals surface area contributed by atoms with Gasteiger partial charge in [-0.25, -0.2) is 0 Å². The van der Waals surface area contributed by atoms with Gasteiger partial charge in [-0.3, -0.25) is 9.59 Å². The minimum atomic E-state index is -0.719. The zero-order valence-electron chi connectivity index (χ0n) is 12.7. The monoisotopic (exact) mass is 284 g/mol. The molecule has 116 valence electrons. The highest BCUT2D eigenvalue weighted by Gasteiger charge is 2.34. The molecular weight excluding hydrogens is 256 g/mol. The van der Waals surface area contributed by atoms with Crippen molar-refractivity contribution in [3.05, 3.63) is 0 Å². The molecular formula is C16H28O4. The second-order valence-electron chi connectivity index (χ2n) is 6.43. The van der Waals surface area contributed by atoms with Crippen LogP contribution >= 0.6 is 0 Å². The zero-order valence-corrected chi connectivity index (χ0v) is 12.7. The summed E-state index contributed by atoms with van der Waals surface area (Å²) in [7, 11) is 0. The highest BCUT2D eigenvalue weighted by Crippen LogP contribution is 2.43. The van der Waals surface area contributed by atoms with Crippen LogP contribution in [0.4, 0.5) is 0 Å². The minimum Gasteiger partial charge on any atom is -0.481 e. The summed E-state index contributed by atoms with van der Waals surface area (Å²) in [6.07, 6.45) is 6.35. The van der Waals surface area contributed by atoms with E-state index in [2.05, 4.69) is 13.8 Å². The average Bonchev–Trinajstić information content (AvgIpc) is 2.35. The summed E-state index contributed by atoms with van der Waals surface area (Å²) in [5, 5.41) is 17.5. The molecule has 0 spiro atoms. The van der Waals surface area contributed by atoms with Crippen molar-refractivity contribution in [3.8, 4) is 0 Å². The Labute approximate surface area is 121 Å². The Morgan fingerprint density at radius 3 is 1.50 bits per heavy atom. The summed E-state index contributed by atoms with van der Waals surface area (Å²) >= 11 is 0. The third kappa shape index (κ3) is 5.51. The van der Waals surface area contributed by atoms with Gasteiger partial charge in [-0.1, -0.05) is 26.7 Å². The first-order valence-electron chi connectivity index (χ1n) is 7.85. The van der Waals surface area contributed by atoms with Crippen LogP contribution in [-0.4, -0.2) is 22.2 Å². The fourth-order valence-corrected chi connectivity index (χ4v) is 3.77. The maximum absolute atomic E-state index is 10.7. The van der Waals surface area contributed by atoms with Gasteiger partial charge >= 0.3 is 11.9 Å². The van der Waals surface area contributed by atoms with E-state index in [4.69, 9.17) is 10.2 Å². The summed E-state index contributed by atoms with van der Waals surface area (Å²) in [5.41, 5.74) is 0. The number of carboxylic acids is 2. The van der Waals surface area contributed by atoms with Crippen LogP contribution < -0.4 is 0 Å². The first-order chi connectivity index (χ1) is 9.41. The minimum absolute atomic E-state index is 0.249. The number of carboxylic acid groups (broad SMARTS) is 2. The molecule has 0 heterocycles. The molecule has 4 atom stereocenters. The molecule has 1 aliphatic rings. The number of hydrogen-bond donors (Lipinski definition) is 2. The van der Waals surface area contributed by atoms with Crippen LogP contribution in [0, 0.1) is 23.7 Å². The average molecular weight is 284 g/mol.